The van der Waals surface area contributed by atoms with Crippen LogP contribution in [0.5, 0.6) is 5.75 Å². The zero-order valence-corrected chi connectivity index (χ0v) is 10.9. The molecule has 0 radical (unpaired) electrons. The normalized spacial score (nSPS) is 10.7. The summed E-state index contributed by atoms with van der Waals surface area (Å²) in [4.78, 5) is 4.09. The van der Waals surface area contributed by atoms with Crippen molar-refractivity contribution >= 4 is 10.8 Å². The van der Waals surface area contributed by atoms with E-state index in [9.17, 15) is 4.39 Å². The maximum Gasteiger partial charge on any atom is 0.132 e. The Labute approximate surface area is 116 Å². The summed E-state index contributed by atoms with van der Waals surface area (Å²) in [5.41, 5.74) is 1.50. The number of halogens is 1. The number of hydrogen-bond acceptors (Lipinski definition) is 2. The van der Waals surface area contributed by atoms with Gasteiger partial charge < -0.3 is 4.74 Å². The number of fused-ring (bicyclic) bond motifs is 1. The fourth-order valence-electron chi connectivity index (χ4n) is 2.22. The Morgan fingerprint density at radius 3 is 2.60 bits per heavy atom. The molecular weight excluding hydrogens is 253 g/mol. The van der Waals surface area contributed by atoms with Crippen LogP contribution in [0.1, 0.15) is 11.3 Å². The monoisotopic (exact) mass is 267 g/mol. The first-order valence-electron chi connectivity index (χ1n) is 6.48. The highest BCUT2D eigenvalue weighted by atomic mass is 19.1. The first-order chi connectivity index (χ1) is 9.88. The van der Waals surface area contributed by atoms with E-state index in [0.717, 1.165) is 16.3 Å². The lowest BCUT2D eigenvalue weighted by atomic mass is 10.1. The molecule has 0 aliphatic rings. The molecule has 20 heavy (non-hydrogen) atoms. The van der Waals surface area contributed by atoms with Crippen molar-refractivity contribution in [2.75, 3.05) is 0 Å². The number of aromatic nitrogens is 1. The molecule has 3 rings (SSSR count). The van der Waals surface area contributed by atoms with E-state index in [1.807, 2.05) is 54.6 Å². The second kappa shape index (κ2) is 5.70. The van der Waals surface area contributed by atoms with Gasteiger partial charge >= 0.3 is 0 Å². The maximum atomic E-state index is 13.1. The predicted octanol–water partition coefficient (Wildman–Crippen LogP) is 4.28. The highest BCUT2D eigenvalue weighted by Crippen LogP contribution is 2.28. The van der Waals surface area contributed by atoms with Gasteiger partial charge in [-0.25, -0.2) is 4.39 Å². The Kier molecular flexibility index (Phi) is 3.59. The van der Waals surface area contributed by atoms with Crippen molar-refractivity contribution in [2.24, 2.45) is 0 Å². The fourth-order valence-corrected chi connectivity index (χ4v) is 2.22. The van der Waals surface area contributed by atoms with Crippen LogP contribution in [-0.4, -0.2) is 4.98 Å². The molecule has 1 aromatic heterocycles. The van der Waals surface area contributed by atoms with Crippen LogP contribution >= 0.6 is 0 Å². The average Bonchev–Trinajstić information content (AvgIpc) is 2.53. The molecule has 0 saturated carbocycles. The maximum absolute atomic E-state index is 13.1. The van der Waals surface area contributed by atoms with E-state index in [0.29, 0.717) is 18.1 Å². The van der Waals surface area contributed by atoms with Crippen molar-refractivity contribution in [2.45, 2.75) is 13.3 Å². The quantitative estimate of drug-likeness (QED) is 0.703. The lowest BCUT2D eigenvalue weighted by Crippen LogP contribution is -1.97. The smallest absolute Gasteiger partial charge is 0.132 e. The van der Waals surface area contributed by atoms with Crippen LogP contribution in [0.15, 0.2) is 60.8 Å². The summed E-state index contributed by atoms with van der Waals surface area (Å²) in [6.45, 7) is -0.135. The molecule has 0 aliphatic carbocycles. The van der Waals surface area contributed by atoms with Gasteiger partial charge in [0.05, 0.1) is 5.69 Å². The summed E-state index contributed by atoms with van der Waals surface area (Å²) in [5.74, 6) is 0.673. The number of hydrogen-bond donors (Lipinski definition) is 0. The minimum absolute atomic E-state index is 0.422. The number of nitrogens with zero attached hydrogens (tertiary/aromatic N) is 1. The standard InChI is InChI=1S/C17H14FNO/c18-11-15-17-14(9-10-19-15)7-4-8-16(17)20-12-13-5-2-1-3-6-13/h1-10H,11-12H2. The number of pyridine rings is 1. The summed E-state index contributed by atoms with van der Waals surface area (Å²) in [7, 11) is 0. The van der Waals surface area contributed by atoms with Gasteiger partial charge in [0.2, 0.25) is 0 Å². The first-order valence-corrected chi connectivity index (χ1v) is 6.48. The summed E-state index contributed by atoms with van der Waals surface area (Å²) in [6.07, 6.45) is 1.62. The zero-order chi connectivity index (χ0) is 13.8. The minimum atomic E-state index is -0.594. The van der Waals surface area contributed by atoms with Crippen LogP contribution in [0, 0.1) is 0 Å². The highest BCUT2D eigenvalue weighted by Gasteiger charge is 2.08. The Hall–Kier alpha value is -2.42. The third-order valence-electron chi connectivity index (χ3n) is 3.20. The van der Waals surface area contributed by atoms with Gasteiger partial charge in [-0.1, -0.05) is 42.5 Å². The molecule has 0 fully saturated rings. The number of benzene rings is 2. The molecule has 0 amide bonds. The molecule has 0 bridgehead atoms. The topological polar surface area (TPSA) is 22.1 Å². The predicted molar refractivity (Wildman–Crippen MR) is 77.3 cm³/mol. The van der Waals surface area contributed by atoms with Gasteiger partial charge in [0.15, 0.2) is 0 Å². The van der Waals surface area contributed by atoms with E-state index >= 15 is 0 Å². The van der Waals surface area contributed by atoms with Crippen molar-refractivity contribution in [1.82, 2.24) is 4.98 Å². The van der Waals surface area contributed by atoms with Crippen molar-refractivity contribution in [1.29, 1.82) is 0 Å². The van der Waals surface area contributed by atoms with Gasteiger partial charge in [-0.15, -0.1) is 0 Å². The Balaban J connectivity index is 1.95. The fraction of sp³-hybridized carbons (Fsp3) is 0.118. The molecule has 100 valence electrons. The van der Waals surface area contributed by atoms with Crippen LogP contribution in [0.4, 0.5) is 4.39 Å². The molecular formula is C17H14FNO. The first kappa shape index (κ1) is 12.6. The summed E-state index contributed by atoms with van der Waals surface area (Å²) < 4.78 is 18.9. The van der Waals surface area contributed by atoms with E-state index < -0.39 is 6.67 Å². The second-order valence-electron chi connectivity index (χ2n) is 4.52. The Morgan fingerprint density at radius 2 is 1.80 bits per heavy atom. The number of ether oxygens (including phenoxy) is 1. The molecule has 3 heteroatoms. The van der Waals surface area contributed by atoms with Crippen molar-refractivity contribution in [3.8, 4) is 5.75 Å². The zero-order valence-electron chi connectivity index (χ0n) is 10.9. The lowest BCUT2D eigenvalue weighted by Gasteiger charge is -2.11. The molecule has 1 heterocycles. The van der Waals surface area contributed by atoms with E-state index in [4.69, 9.17) is 4.74 Å². The summed E-state index contributed by atoms with van der Waals surface area (Å²) in [6, 6.07) is 17.5. The molecule has 2 nitrogen and oxygen atoms in total. The molecule has 0 unspecified atom stereocenters. The summed E-state index contributed by atoms with van der Waals surface area (Å²) >= 11 is 0. The highest BCUT2D eigenvalue weighted by molar-refractivity contribution is 5.90. The van der Waals surface area contributed by atoms with Crippen LogP contribution in [-0.2, 0) is 13.3 Å². The van der Waals surface area contributed by atoms with Gasteiger partial charge in [-0.3, -0.25) is 4.98 Å². The van der Waals surface area contributed by atoms with E-state index in [-0.39, 0.29) is 0 Å². The van der Waals surface area contributed by atoms with Gasteiger partial charge in [-0.2, -0.15) is 0 Å². The van der Waals surface area contributed by atoms with E-state index in [2.05, 4.69) is 4.98 Å². The van der Waals surface area contributed by atoms with E-state index in [1.165, 1.54) is 0 Å². The van der Waals surface area contributed by atoms with Gasteiger partial charge in [-0.05, 0) is 23.1 Å². The molecule has 0 saturated heterocycles. The molecule has 0 spiro atoms. The van der Waals surface area contributed by atoms with Crippen molar-refractivity contribution in [3.05, 3.63) is 72.1 Å². The number of alkyl halides is 1. The molecule has 0 atom stereocenters. The van der Waals surface area contributed by atoms with Crippen molar-refractivity contribution < 1.29 is 9.13 Å². The third-order valence-corrected chi connectivity index (χ3v) is 3.20. The van der Waals surface area contributed by atoms with Crippen LogP contribution in [0.25, 0.3) is 10.8 Å². The SMILES string of the molecule is FCc1nccc2cccc(OCc3ccccc3)c12. The number of rotatable bonds is 4. The molecule has 0 aliphatic heterocycles. The minimum Gasteiger partial charge on any atom is -0.488 e. The third kappa shape index (κ3) is 2.48. The van der Waals surface area contributed by atoms with E-state index in [1.54, 1.807) is 6.20 Å². The Bertz CT molecular complexity index is 707. The van der Waals surface area contributed by atoms with Gasteiger partial charge in [0, 0.05) is 11.6 Å². The van der Waals surface area contributed by atoms with Gasteiger partial charge in [0.25, 0.3) is 0 Å². The van der Waals surface area contributed by atoms with Crippen molar-refractivity contribution in [3.63, 3.8) is 0 Å². The summed E-state index contributed by atoms with van der Waals surface area (Å²) in [5, 5.41) is 1.70. The average molecular weight is 267 g/mol. The molecule has 3 aromatic rings. The molecule has 2 aromatic carbocycles. The largest absolute Gasteiger partial charge is 0.488 e. The Morgan fingerprint density at radius 1 is 0.950 bits per heavy atom. The van der Waals surface area contributed by atoms with Crippen LogP contribution in [0.2, 0.25) is 0 Å². The van der Waals surface area contributed by atoms with Gasteiger partial charge in [0.1, 0.15) is 19.0 Å². The molecule has 0 N–H and O–H groups in total. The second-order valence-corrected chi connectivity index (χ2v) is 4.52. The lowest BCUT2D eigenvalue weighted by molar-refractivity contribution is 0.309. The van der Waals surface area contributed by atoms with Crippen LogP contribution < -0.4 is 4.74 Å². The van der Waals surface area contributed by atoms with Crippen LogP contribution in [0.3, 0.4) is 0 Å².